The zero-order valence-electron chi connectivity index (χ0n) is 11.7. The molecule has 20 heavy (non-hydrogen) atoms. The smallest absolute Gasteiger partial charge is 0.315 e. The summed E-state index contributed by atoms with van der Waals surface area (Å²) < 4.78 is 5.00. The fourth-order valence-electron chi connectivity index (χ4n) is 3.76. The summed E-state index contributed by atoms with van der Waals surface area (Å²) in [6.45, 7) is 1.81. The Morgan fingerprint density at radius 3 is 2.75 bits per heavy atom. The van der Waals surface area contributed by atoms with Crippen molar-refractivity contribution in [1.82, 2.24) is 5.32 Å². The van der Waals surface area contributed by atoms with Crippen molar-refractivity contribution >= 4 is 11.7 Å². The van der Waals surface area contributed by atoms with Gasteiger partial charge in [0.2, 0.25) is 0 Å². The van der Waals surface area contributed by atoms with E-state index in [2.05, 4.69) is 11.4 Å². The first-order chi connectivity index (χ1) is 9.68. The number of esters is 1. The molecule has 106 valence electrons. The molecule has 2 aliphatic rings. The normalized spacial score (nSPS) is 24.2. The van der Waals surface area contributed by atoms with Gasteiger partial charge in [-0.15, -0.1) is 0 Å². The van der Waals surface area contributed by atoms with Gasteiger partial charge in [0.25, 0.3) is 0 Å². The van der Waals surface area contributed by atoms with E-state index in [1.807, 2.05) is 18.2 Å². The summed E-state index contributed by atoms with van der Waals surface area (Å²) in [6, 6.07) is 7.98. The Labute approximate surface area is 119 Å². The summed E-state index contributed by atoms with van der Waals surface area (Å²) in [4.78, 5) is 12.3. The number of piperidine rings is 1. The quantitative estimate of drug-likeness (QED) is 0.766. The highest BCUT2D eigenvalue weighted by atomic mass is 16.5. The average Bonchev–Trinajstić information content (AvgIpc) is 2.48. The molecule has 3 rings (SSSR count). The molecule has 1 aliphatic carbocycles. The number of ether oxygens (including phenoxy) is 1. The predicted octanol–water partition coefficient (Wildman–Crippen LogP) is 1.77. The molecule has 1 aromatic carbocycles. The van der Waals surface area contributed by atoms with Crippen molar-refractivity contribution in [3.63, 3.8) is 0 Å². The molecule has 0 bridgehead atoms. The molecule has 1 spiro atoms. The Balaban J connectivity index is 2.08. The summed E-state index contributed by atoms with van der Waals surface area (Å²) in [6.07, 6.45) is 2.71. The first kappa shape index (κ1) is 13.3. The fourth-order valence-corrected chi connectivity index (χ4v) is 3.76. The molecule has 1 atom stereocenters. The summed E-state index contributed by atoms with van der Waals surface area (Å²) >= 11 is 0. The number of rotatable bonds is 1. The van der Waals surface area contributed by atoms with Gasteiger partial charge in [-0.2, -0.15) is 0 Å². The van der Waals surface area contributed by atoms with Gasteiger partial charge in [-0.3, -0.25) is 4.79 Å². The topological polar surface area (TPSA) is 62.2 Å². The van der Waals surface area contributed by atoms with E-state index in [4.69, 9.17) is 10.1 Å². The van der Waals surface area contributed by atoms with Crippen LogP contribution < -0.4 is 5.32 Å². The van der Waals surface area contributed by atoms with Crippen molar-refractivity contribution in [2.24, 2.45) is 11.3 Å². The van der Waals surface area contributed by atoms with E-state index in [9.17, 15) is 4.79 Å². The molecule has 1 aromatic rings. The molecule has 0 aromatic heterocycles. The van der Waals surface area contributed by atoms with Crippen LogP contribution in [0.25, 0.3) is 0 Å². The summed E-state index contributed by atoms with van der Waals surface area (Å²) in [5.74, 6) is -0.684. The van der Waals surface area contributed by atoms with Gasteiger partial charge in [0, 0.05) is 0 Å². The lowest BCUT2D eigenvalue weighted by atomic mass is 9.59. The van der Waals surface area contributed by atoms with Gasteiger partial charge in [-0.1, -0.05) is 24.3 Å². The molecule has 4 nitrogen and oxygen atoms in total. The molecule has 1 fully saturated rings. The second kappa shape index (κ2) is 5.02. The number of fused-ring (bicyclic) bond motifs is 1. The molecule has 1 heterocycles. The highest BCUT2D eigenvalue weighted by molar-refractivity contribution is 6.12. The summed E-state index contributed by atoms with van der Waals surface area (Å²) in [5, 5.41) is 11.9. The van der Waals surface area contributed by atoms with Gasteiger partial charge in [-0.05, 0) is 48.9 Å². The van der Waals surface area contributed by atoms with E-state index >= 15 is 0 Å². The van der Waals surface area contributed by atoms with E-state index < -0.39 is 5.92 Å². The summed E-state index contributed by atoms with van der Waals surface area (Å²) in [5.41, 5.74) is 2.39. The highest BCUT2D eigenvalue weighted by Gasteiger charge is 2.50. The standard InChI is InChI=1S/C16H20N2O2/c1-20-15(19)13-14(17)12-5-3-2-4-11(12)10-16(13)6-8-18-9-7-16/h2-5,13,17-18H,6-10H2,1H3. The molecule has 0 radical (unpaired) electrons. The van der Waals surface area contributed by atoms with Crippen molar-refractivity contribution < 1.29 is 9.53 Å². The van der Waals surface area contributed by atoms with Gasteiger partial charge >= 0.3 is 5.97 Å². The molecule has 4 heteroatoms. The number of hydrogen-bond donors (Lipinski definition) is 2. The van der Waals surface area contributed by atoms with Crippen LogP contribution in [0.3, 0.4) is 0 Å². The number of nitrogens with one attached hydrogen (secondary N) is 2. The van der Waals surface area contributed by atoms with E-state index in [1.54, 1.807) is 0 Å². The zero-order chi connectivity index (χ0) is 14.2. The number of carbonyl (C=O) groups excluding carboxylic acids is 1. The third-order valence-corrected chi connectivity index (χ3v) is 4.79. The van der Waals surface area contributed by atoms with E-state index in [0.29, 0.717) is 5.71 Å². The second-order valence-corrected chi connectivity index (χ2v) is 5.82. The Kier molecular flexibility index (Phi) is 3.34. The van der Waals surface area contributed by atoms with Crippen molar-refractivity contribution in [2.75, 3.05) is 20.2 Å². The van der Waals surface area contributed by atoms with Crippen LogP contribution in [0.4, 0.5) is 0 Å². The van der Waals surface area contributed by atoms with Crippen LogP contribution in [0.15, 0.2) is 24.3 Å². The first-order valence-electron chi connectivity index (χ1n) is 7.13. The van der Waals surface area contributed by atoms with Crippen LogP contribution in [-0.4, -0.2) is 31.9 Å². The molecule has 0 saturated carbocycles. The summed E-state index contributed by atoms with van der Waals surface area (Å²) in [7, 11) is 1.42. The molecule has 0 amide bonds. The lowest BCUT2D eigenvalue weighted by molar-refractivity contribution is -0.147. The maximum atomic E-state index is 12.3. The van der Waals surface area contributed by atoms with Crippen molar-refractivity contribution in [2.45, 2.75) is 19.3 Å². The Morgan fingerprint density at radius 2 is 2.05 bits per heavy atom. The van der Waals surface area contributed by atoms with Crippen molar-refractivity contribution in [3.05, 3.63) is 35.4 Å². The minimum Gasteiger partial charge on any atom is -0.468 e. The maximum absolute atomic E-state index is 12.3. The van der Waals surface area contributed by atoms with Gasteiger partial charge in [-0.25, -0.2) is 0 Å². The van der Waals surface area contributed by atoms with Gasteiger partial charge < -0.3 is 15.5 Å². The van der Waals surface area contributed by atoms with Crippen LogP contribution in [0.5, 0.6) is 0 Å². The van der Waals surface area contributed by atoms with E-state index in [0.717, 1.165) is 37.9 Å². The SMILES string of the molecule is COC(=O)C1C(=N)c2ccccc2CC12CCNCC2. The largest absolute Gasteiger partial charge is 0.468 e. The number of hydrogen-bond acceptors (Lipinski definition) is 4. The molecule has 1 aliphatic heterocycles. The monoisotopic (exact) mass is 272 g/mol. The molecule has 1 saturated heterocycles. The molecular formula is C16H20N2O2. The lowest BCUT2D eigenvalue weighted by Crippen LogP contribution is -2.51. The van der Waals surface area contributed by atoms with Crippen molar-refractivity contribution in [1.29, 1.82) is 5.41 Å². The first-order valence-corrected chi connectivity index (χ1v) is 7.13. The number of benzene rings is 1. The molecule has 1 unspecified atom stereocenters. The van der Waals surface area contributed by atoms with Crippen LogP contribution in [0, 0.1) is 16.7 Å². The molecule has 2 N–H and O–H groups in total. The lowest BCUT2D eigenvalue weighted by Gasteiger charge is -2.46. The Bertz CT molecular complexity index is 547. The van der Waals surface area contributed by atoms with Gasteiger partial charge in [0.15, 0.2) is 0 Å². The highest BCUT2D eigenvalue weighted by Crippen LogP contribution is 2.46. The third kappa shape index (κ3) is 1.95. The zero-order valence-corrected chi connectivity index (χ0v) is 11.7. The van der Waals surface area contributed by atoms with Crippen LogP contribution in [0.2, 0.25) is 0 Å². The fraction of sp³-hybridized carbons (Fsp3) is 0.500. The Hall–Kier alpha value is -1.68. The van der Waals surface area contributed by atoms with E-state index in [1.165, 1.54) is 12.7 Å². The Morgan fingerprint density at radius 1 is 1.35 bits per heavy atom. The second-order valence-electron chi connectivity index (χ2n) is 5.82. The molecular weight excluding hydrogens is 252 g/mol. The van der Waals surface area contributed by atoms with Crippen molar-refractivity contribution in [3.8, 4) is 0 Å². The van der Waals surface area contributed by atoms with E-state index in [-0.39, 0.29) is 11.4 Å². The number of carbonyl (C=O) groups is 1. The minimum absolute atomic E-state index is 0.149. The maximum Gasteiger partial charge on any atom is 0.315 e. The van der Waals surface area contributed by atoms with Gasteiger partial charge in [0.1, 0.15) is 5.92 Å². The number of methoxy groups -OCH3 is 1. The van der Waals surface area contributed by atoms with Crippen LogP contribution in [-0.2, 0) is 16.0 Å². The average molecular weight is 272 g/mol. The third-order valence-electron chi connectivity index (χ3n) is 4.79. The predicted molar refractivity (Wildman–Crippen MR) is 77.0 cm³/mol. The van der Waals surface area contributed by atoms with Crippen LogP contribution >= 0.6 is 0 Å². The van der Waals surface area contributed by atoms with Crippen LogP contribution in [0.1, 0.15) is 24.0 Å². The minimum atomic E-state index is -0.426. The van der Waals surface area contributed by atoms with Gasteiger partial charge in [0.05, 0.1) is 12.8 Å².